The summed E-state index contributed by atoms with van der Waals surface area (Å²) in [7, 11) is 1.58. The minimum atomic E-state index is -0.196. The van der Waals surface area contributed by atoms with E-state index in [4.69, 9.17) is 0 Å². The lowest BCUT2D eigenvalue weighted by Gasteiger charge is -2.41. The quantitative estimate of drug-likeness (QED) is 0.824. The van der Waals surface area contributed by atoms with Crippen molar-refractivity contribution >= 4 is 5.91 Å². The van der Waals surface area contributed by atoms with Crippen molar-refractivity contribution in [1.82, 2.24) is 19.6 Å². The molecule has 3 heterocycles. The van der Waals surface area contributed by atoms with E-state index in [1.54, 1.807) is 7.05 Å². The molecule has 6 nitrogen and oxygen atoms in total. The Morgan fingerprint density at radius 2 is 1.87 bits per heavy atom. The Morgan fingerprint density at radius 1 is 1.17 bits per heavy atom. The molecule has 126 valence electrons. The maximum Gasteiger partial charge on any atom is 0.274 e. The lowest BCUT2D eigenvalue weighted by Crippen LogP contribution is -2.52. The molecule has 0 unspecified atom stereocenters. The fourth-order valence-electron chi connectivity index (χ4n) is 4.10. The normalized spacial score (nSPS) is 29.0. The number of aromatic nitrogens is 2. The van der Waals surface area contributed by atoms with Gasteiger partial charge in [-0.3, -0.25) is 14.5 Å². The molecule has 0 saturated carbocycles. The van der Waals surface area contributed by atoms with E-state index in [0.29, 0.717) is 23.8 Å². The van der Waals surface area contributed by atoms with Gasteiger partial charge in [0.1, 0.15) is 5.69 Å². The molecule has 0 N–H and O–H groups in total. The summed E-state index contributed by atoms with van der Waals surface area (Å²) in [5.41, 5.74) is 0.160. The Bertz CT molecular complexity index is 632. The lowest BCUT2D eigenvalue weighted by atomic mass is 10.0. The van der Waals surface area contributed by atoms with Crippen LogP contribution in [0, 0.1) is 0 Å². The highest BCUT2D eigenvalue weighted by Crippen LogP contribution is 2.30. The largest absolute Gasteiger partial charge is 0.336 e. The van der Waals surface area contributed by atoms with Crippen molar-refractivity contribution in [3.63, 3.8) is 0 Å². The fraction of sp³-hybridized carbons (Fsp3) is 0.706. The smallest absolute Gasteiger partial charge is 0.274 e. The van der Waals surface area contributed by atoms with Crippen LogP contribution < -0.4 is 5.56 Å². The summed E-state index contributed by atoms with van der Waals surface area (Å²) in [6, 6.07) is 4.58. The molecular formula is C17H26N4O2. The molecule has 0 radical (unpaired) electrons. The van der Waals surface area contributed by atoms with Gasteiger partial charge in [-0.2, -0.15) is 5.10 Å². The third kappa shape index (κ3) is 3.17. The monoisotopic (exact) mass is 318 g/mol. The Hall–Kier alpha value is -1.69. The van der Waals surface area contributed by atoms with Crippen molar-refractivity contribution < 1.29 is 4.79 Å². The molecule has 1 amide bonds. The molecule has 0 aliphatic carbocycles. The lowest BCUT2D eigenvalue weighted by molar-refractivity contribution is 0.0480. The number of carbonyl (C=O) groups is 1. The molecule has 3 atom stereocenters. The molecule has 6 heteroatoms. The van der Waals surface area contributed by atoms with Crippen LogP contribution in [0.15, 0.2) is 16.9 Å². The first-order valence-electron chi connectivity index (χ1n) is 8.58. The van der Waals surface area contributed by atoms with Crippen LogP contribution in [0.2, 0.25) is 0 Å². The third-order valence-electron chi connectivity index (χ3n) is 5.31. The van der Waals surface area contributed by atoms with Gasteiger partial charge in [-0.05, 0) is 45.6 Å². The van der Waals surface area contributed by atoms with Gasteiger partial charge in [0.15, 0.2) is 0 Å². The molecular weight excluding hydrogens is 292 g/mol. The summed E-state index contributed by atoms with van der Waals surface area (Å²) in [5.74, 6) is -0.0650. The minimum absolute atomic E-state index is 0.0650. The summed E-state index contributed by atoms with van der Waals surface area (Å²) in [5, 5.41) is 4.10. The molecule has 0 aromatic carbocycles. The predicted octanol–water partition coefficient (Wildman–Crippen LogP) is 1.26. The Morgan fingerprint density at radius 3 is 2.52 bits per heavy atom. The molecule has 1 aromatic rings. The zero-order valence-corrected chi connectivity index (χ0v) is 14.2. The van der Waals surface area contributed by atoms with Gasteiger partial charge in [0.25, 0.3) is 11.5 Å². The van der Waals surface area contributed by atoms with Crippen molar-refractivity contribution in [2.75, 3.05) is 13.1 Å². The van der Waals surface area contributed by atoms with E-state index < -0.39 is 0 Å². The first-order chi connectivity index (χ1) is 11.0. The maximum atomic E-state index is 12.7. The summed E-state index contributed by atoms with van der Waals surface area (Å²) in [4.78, 5) is 28.6. The van der Waals surface area contributed by atoms with E-state index in [0.717, 1.165) is 25.9 Å². The number of likely N-dealkylation sites (tertiary alicyclic amines) is 2. The highest BCUT2D eigenvalue weighted by atomic mass is 16.2. The van der Waals surface area contributed by atoms with Gasteiger partial charge in [0, 0.05) is 44.3 Å². The summed E-state index contributed by atoms with van der Waals surface area (Å²) in [6.07, 6.45) is 4.67. The van der Waals surface area contributed by atoms with Crippen molar-refractivity contribution in [2.45, 2.75) is 57.7 Å². The number of hydrogen-bond acceptors (Lipinski definition) is 4. The summed E-state index contributed by atoms with van der Waals surface area (Å²) >= 11 is 0. The second kappa shape index (κ2) is 6.43. The van der Waals surface area contributed by atoms with Gasteiger partial charge in [-0.25, -0.2) is 4.68 Å². The van der Waals surface area contributed by atoms with Gasteiger partial charge in [0.2, 0.25) is 0 Å². The first-order valence-corrected chi connectivity index (χ1v) is 8.58. The van der Waals surface area contributed by atoms with Crippen LogP contribution in [0.3, 0.4) is 0 Å². The number of piperidine rings is 1. The van der Waals surface area contributed by atoms with E-state index in [9.17, 15) is 9.59 Å². The molecule has 2 aliphatic rings. The van der Waals surface area contributed by atoms with Crippen LogP contribution in [-0.4, -0.2) is 56.7 Å². The first kappa shape index (κ1) is 16.2. The average Bonchev–Trinajstić information content (AvgIpc) is 2.88. The van der Waals surface area contributed by atoms with Crippen molar-refractivity contribution in [1.29, 1.82) is 0 Å². The highest BCUT2D eigenvalue weighted by molar-refractivity contribution is 5.92. The molecule has 0 spiro atoms. The molecule has 2 fully saturated rings. The van der Waals surface area contributed by atoms with Crippen LogP contribution in [0.4, 0.5) is 0 Å². The number of nitrogens with zero attached hydrogens (tertiary/aromatic N) is 4. The SMILES string of the molecule is C[C@@H]1CC[C@@H](C)N1[C@H]1CCCN(C(=O)c2ccc(=O)n(C)n2)C1. The highest BCUT2D eigenvalue weighted by Gasteiger charge is 2.36. The standard InChI is InChI=1S/C17H26N4O2/c1-12-6-7-13(2)21(12)14-5-4-10-20(11-14)17(23)15-8-9-16(22)19(3)18-15/h8-9,12-14H,4-7,10-11H2,1-3H3/t12-,13-,14+/m1/s1. The number of hydrogen-bond donors (Lipinski definition) is 0. The Balaban J connectivity index is 1.74. The van der Waals surface area contributed by atoms with E-state index in [2.05, 4.69) is 23.8 Å². The number of carbonyl (C=O) groups excluding carboxylic acids is 1. The van der Waals surface area contributed by atoms with E-state index in [1.165, 1.54) is 29.7 Å². The van der Waals surface area contributed by atoms with Gasteiger partial charge in [-0.1, -0.05) is 0 Å². The molecule has 2 aliphatic heterocycles. The summed E-state index contributed by atoms with van der Waals surface area (Å²) < 4.78 is 1.22. The van der Waals surface area contributed by atoms with Gasteiger partial charge >= 0.3 is 0 Å². The van der Waals surface area contributed by atoms with Crippen LogP contribution in [0.1, 0.15) is 50.0 Å². The second-order valence-electron chi connectivity index (χ2n) is 6.95. The fourth-order valence-corrected chi connectivity index (χ4v) is 4.10. The van der Waals surface area contributed by atoms with Crippen LogP contribution in [0.25, 0.3) is 0 Å². The zero-order valence-electron chi connectivity index (χ0n) is 14.2. The Labute approximate surface area is 137 Å². The molecule has 3 rings (SSSR count). The summed E-state index contributed by atoms with van der Waals surface area (Å²) in [6.45, 7) is 6.12. The second-order valence-corrected chi connectivity index (χ2v) is 6.95. The van der Waals surface area contributed by atoms with Crippen LogP contribution in [0.5, 0.6) is 0 Å². The van der Waals surface area contributed by atoms with Gasteiger partial charge in [-0.15, -0.1) is 0 Å². The van der Waals surface area contributed by atoms with E-state index >= 15 is 0 Å². The number of rotatable bonds is 2. The predicted molar refractivity (Wildman–Crippen MR) is 88.4 cm³/mol. The minimum Gasteiger partial charge on any atom is -0.336 e. The molecule has 23 heavy (non-hydrogen) atoms. The van der Waals surface area contributed by atoms with Gasteiger partial charge < -0.3 is 4.90 Å². The number of amides is 1. The average molecular weight is 318 g/mol. The van der Waals surface area contributed by atoms with Crippen molar-refractivity contribution in [2.24, 2.45) is 7.05 Å². The van der Waals surface area contributed by atoms with Crippen molar-refractivity contribution in [3.05, 3.63) is 28.2 Å². The van der Waals surface area contributed by atoms with Crippen LogP contribution >= 0.6 is 0 Å². The molecule has 2 saturated heterocycles. The third-order valence-corrected chi connectivity index (χ3v) is 5.31. The molecule has 0 bridgehead atoms. The van der Waals surface area contributed by atoms with Gasteiger partial charge in [0.05, 0.1) is 0 Å². The Kier molecular flexibility index (Phi) is 4.53. The topological polar surface area (TPSA) is 58.4 Å². The maximum absolute atomic E-state index is 12.7. The van der Waals surface area contributed by atoms with E-state index in [1.807, 2.05) is 4.90 Å². The molecule has 1 aromatic heterocycles. The van der Waals surface area contributed by atoms with E-state index in [-0.39, 0.29) is 11.5 Å². The van der Waals surface area contributed by atoms with Crippen molar-refractivity contribution in [3.8, 4) is 0 Å². The zero-order chi connectivity index (χ0) is 16.6. The van der Waals surface area contributed by atoms with Crippen LogP contribution in [-0.2, 0) is 7.05 Å². The number of aryl methyl sites for hydroxylation is 1.